The first-order valence-electron chi connectivity index (χ1n) is 8.27. The van der Waals surface area contributed by atoms with Crippen molar-refractivity contribution in [2.75, 3.05) is 13.1 Å². The summed E-state index contributed by atoms with van der Waals surface area (Å²) >= 11 is 0. The number of hydrogen-bond acceptors (Lipinski definition) is 4. The van der Waals surface area contributed by atoms with E-state index in [0.717, 1.165) is 25.9 Å². The fourth-order valence-electron chi connectivity index (χ4n) is 2.77. The van der Waals surface area contributed by atoms with Gasteiger partial charge < -0.3 is 10.6 Å². The molecule has 1 aromatic rings. The smallest absolute Gasteiger partial charge is 0.251 e. The Labute approximate surface area is 156 Å². The summed E-state index contributed by atoms with van der Waals surface area (Å²) < 4.78 is 27.0. The number of piperidine rings is 1. The highest BCUT2D eigenvalue weighted by molar-refractivity contribution is 7.88. The van der Waals surface area contributed by atoms with Gasteiger partial charge in [-0.1, -0.05) is 12.1 Å². The second-order valence-electron chi connectivity index (χ2n) is 7.33. The van der Waals surface area contributed by atoms with E-state index < -0.39 is 15.6 Å². The lowest BCUT2D eigenvalue weighted by atomic mass is 10.1. The SMILES string of the molecule is CC(C)(C)NS(=O)(=O)Cc1cccc(C(=O)N[C@H]2CCCNC2)c1.Cl. The van der Waals surface area contributed by atoms with Crippen LogP contribution in [0.1, 0.15) is 49.5 Å². The minimum atomic E-state index is -3.45. The van der Waals surface area contributed by atoms with Crippen molar-refractivity contribution in [3.05, 3.63) is 35.4 Å². The monoisotopic (exact) mass is 389 g/mol. The van der Waals surface area contributed by atoms with Crippen molar-refractivity contribution in [1.82, 2.24) is 15.4 Å². The molecule has 142 valence electrons. The van der Waals surface area contributed by atoms with E-state index in [0.29, 0.717) is 11.1 Å². The van der Waals surface area contributed by atoms with Crippen molar-refractivity contribution in [3.8, 4) is 0 Å². The van der Waals surface area contributed by atoms with E-state index in [1.165, 1.54) is 0 Å². The first-order chi connectivity index (χ1) is 11.1. The Kier molecular flexibility index (Phi) is 7.87. The Morgan fingerprint density at radius 1 is 1.32 bits per heavy atom. The Morgan fingerprint density at radius 3 is 2.64 bits per heavy atom. The first kappa shape index (κ1) is 21.9. The second-order valence-corrected chi connectivity index (χ2v) is 9.05. The van der Waals surface area contributed by atoms with E-state index >= 15 is 0 Å². The van der Waals surface area contributed by atoms with E-state index in [1.54, 1.807) is 45.0 Å². The second kappa shape index (κ2) is 8.98. The maximum absolute atomic E-state index is 12.4. The molecule has 25 heavy (non-hydrogen) atoms. The summed E-state index contributed by atoms with van der Waals surface area (Å²) in [4.78, 5) is 12.4. The highest BCUT2D eigenvalue weighted by Gasteiger charge is 2.21. The summed E-state index contributed by atoms with van der Waals surface area (Å²) in [6.45, 7) is 7.15. The number of sulfonamides is 1. The zero-order chi connectivity index (χ0) is 17.8. The van der Waals surface area contributed by atoms with Crippen molar-refractivity contribution in [2.24, 2.45) is 0 Å². The fourth-order valence-corrected chi connectivity index (χ4v) is 4.39. The van der Waals surface area contributed by atoms with Crippen LogP contribution in [0, 0.1) is 0 Å². The Hall–Kier alpha value is -1.15. The predicted octanol–water partition coefficient (Wildman–Crippen LogP) is 1.81. The van der Waals surface area contributed by atoms with Gasteiger partial charge >= 0.3 is 0 Å². The molecule has 6 nitrogen and oxygen atoms in total. The molecule has 0 aliphatic carbocycles. The van der Waals surface area contributed by atoms with E-state index in [9.17, 15) is 13.2 Å². The van der Waals surface area contributed by atoms with E-state index in [2.05, 4.69) is 15.4 Å². The number of benzene rings is 1. The molecule has 2 rings (SSSR count). The molecule has 1 aliphatic heterocycles. The average Bonchev–Trinajstić information content (AvgIpc) is 2.45. The molecule has 1 saturated heterocycles. The van der Waals surface area contributed by atoms with E-state index in [1.807, 2.05) is 0 Å². The minimum absolute atomic E-state index is 0. The van der Waals surface area contributed by atoms with Crippen molar-refractivity contribution >= 4 is 28.3 Å². The molecule has 0 unspecified atom stereocenters. The third kappa shape index (κ3) is 7.73. The van der Waals surface area contributed by atoms with Crippen LogP contribution in [0.3, 0.4) is 0 Å². The van der Waals surface area contributed by atoms with Crippen molar-refractivity contribution in [1.29, 1.82) is 0 Å². The van der Waals surface area contributed by atoms with Crippen molar-refractivity contribution in [3.63, 3.8) is 0 Å². The van der Waals surface area contributed by atoms with Crippen LogP contribution in [0.2, 0.25) is 0 Å². The van der Waals surface area contributed by atoms with Gasteiger partial charge in [0.2, 0.25) is 10.0 Å². The summed E-state index contributed by atoms with van der Waals surface area (Å²) in [6, 6.07) is 6.92. The van der Waals surface area contributed by atoms with Crippen LogP contribution in [0.25, 0.3) is 0 Å². The maximum Gasteiger partial charge on any atom is 0.251 e. The van der Waals surface area contributed by atoms with Gasteiger partial charge in [0.1, 0.15) is 0 Å². The van der Waals surface area contributed by atoms with E-state index in [4.69, 9.17) is 0 Å². The van der Waals surface area contributed by atoms with Crippen LogP contribution in [-0.2, 0) is 15.8 Å². The minimum Gasteiger partial charge on any atom is -0.348 e. The summed E-state index contributed by atoms with van der Waals surface area (Å²) in [5.41, 5.74) is 0.562. The molecule has 0 aromatic heterocycles. The molecule has 0 bridgehead atoms. The lowest BCUT2D eigenvalue weighted by Gasteiger charge is -2.24. The Bertz CT molecular complexity index is 681. The number of amides is 1. The van der Waals surface area contributed by atoms with Crippen LogP contribution in [0.5, 0.6) is 0 Å². The molecule has 0 saturated carbocycles. The van der Waals surface area contributed by atoms with Gasteiger partial charge in [-0.15, -0.1) is 12.4 Å². The number of nitrogens with one attached hydrogen (secondary N) is 3. The highest BCUT2D eigenvalue weighted by Crippen LogP contribution is 2.12. The van der Waals surface area contributed by atoms with Gasteiger partial charge in [-0.05, 0) is 57.9 Å². The van der Waals surface area contributed by atoms with Gasteiger partial charge in [0.05, 0.1) is 5.75 Å². The van der Waals surface area contributed by atoms with Gasteiger partial charge in [-0.25, -0.2) is 13.1 Å². The molecule has 3 N–H and O–H groups in total. The number of carbonyl (C=O) groups excluding carboxylic acids is 1. The number of carbonyl (C=O) groups is 1. The van der Waals surface area contributed by atoms with Crippen LogP contribution >= 0.6 is 12.4 Å². The molecule has 1 atom stereocenters. The average molecular weight is 390 g/mol. The van der Waals surface area contributed by atoms with Gasteiger partial charge in [-0.2, -0.15) is 0 Å². The van der Waals surface area contributed by atoms with Crippen LogP contribution in [0.4, 0.5) is 0 Å². The van der Waals surface area contributed by atoms with Crippen LogP contribution < -0.4 is 15.4 Å². The molecule has 1 heterocycles. The molecule has 1 amide bonds. The van der Waals surface area contributed by atoms with Gasteiger partial charge in [-0.3, -0.25) is 4.79 Å². The number of rotatable bonds is 5. The predicted molar refractivity (Wildman–Crippen MR) is 103 cm³/mol. The lowest BCUT2D eigenvalue weighted by Crippen LogP contribution is -2.45. The quantitative estimate of drug-likeness (QED) is 0.716. The first-order valence-corrected chi connectivity index (χ1v) is 9.92. The summed E-state index contributed by atoms with van der Waals surface area (Å²) in [6.07, 6.45) is 2.00. The van der Waals surface area contributed by atoms with Crippen molar-refractivity contribution in [2.45, 2.75) is 50.9 Å². The Balaban J connectivity index is 0.00000312. The van der Waals surface area contributed by atoms with Gasteiger partial charge in [0, 0.05) is 23.7 Å². The zero-order valence-corrected chi connectivity index (χ0v) is 16.6. The van der Waals surface area contributed by atoms with Gasteiger partial charge in [0.25, 0.3) is 5.91 Å². The molecule has 0 spiro atoms. The maximum atomic E-state index is 12.4. The lowest BCUT2D eigenvalue weighted by molar-refractivity contribution is 0.0930. The van der Waals surface area contributed by atoms with E-state index in [-0.39, 0.29) is 30.1 Å². The van der Waals surface area contributed by atoms with Crippen LogP contribution in [0.15, 0.2) is 24.3 Å². The summed E-state index contributed by atoms with van der Waals surface area (Å²) in [5, 5.41) is 6.25. The molecular formula is C17H28ClN3O3S. The molecule has 0 radical (unpaired) electrons. The summed E-state index contributed by atoms with van der Waals surface area (Å²) in [7, 11) is -3.45. The largest absolute Gasteiger partial charge is 0.348 e. The number of hydrogen-bond donors (Lipinski definition) is 3. The fraction of sp³-hybridized carbons (Fsp3) is 0.588. The zero-order valence-electron chi connectivity index (χ0n) is 15.0. The molecule has 1 aromatic carbocycles. The molecular weight excluding hydrogens is 362 g/mol. The van der Waals surface area contributed by atoms with Gasteiger partial charge in [0.15, 0.2) is 0 Å². The molecule has 1 aliphatic rings. The number of halogens is 1. The normalized spacial score (nSPS) is 18.3. The molecule has 8 heteroatoms. The Morgan fingerprint density at radius 2 is 2.04 bits per heavy atom. The van der Waals surface area contributed by atoms with Crippen LogP contribution in [-0.4, -0.2) is 39.0 Å². The standard InChI is InChI=1S/C17H27N3O3S.ClH/c1-17(2,3)20-24(22,23)12-13-6-4-7-14(10-13)16(21)19-15-8-5-9-18-11-15;/h4,6-7,10,15,18,20H,5,8-9,11-12H2,1-3H3,(H,19,21);1H/t15-;/m0./s1. The third-order valence-corrected chi connectivity index (χ3v) is 5.28. The third-order valence-electron chi connectivity index (χ3n) is 3.64. The molecule has 1 fully saturated rings. The summed E-state index contributed by atoms with van der Waals surface area (Å²) in [5.74, 6) is -0.303. The topological polar surface area (TPSA) is 87.3 Å². The van der Waals surface area contributed by atoms with Crippen molar-refractivity contribution < 1.29 is 13.2 Å². The highest BCUT2D eigenvalue weighted by atomic mass is 35.5.